The summed E-state index contributed by atoms with van der Waals surface area (Å²) in [5.41, 5.74) is 0. The first kappa shape index (κ1) is 9.97. The average molecular weight is 198 g/mol. The Morgan fingerprint density at radius 1 is 1.29 bits per heavy atom. The van der Waals surface area contributed by atoms with Crippen LogP contribution in [0.1, 0.15) is 38.5 Å². The number of aliphatic hydroxyl groups is 1. The average Bonchev–Trinajstić information content (AvgIpc) is 2.56. The van der Waals surface area contributed by atoms with E-state index >= 15 is 0 Å². The van der Waals surface area contributed by atoms with Crippen LogP contribution in [-0.4, -0.2) is 23.8 Å². The fourth-order valence-corrected chi connectivity index (χ4v) is 2.58. The molecule has 0 aromatic carbocycles. The third-order valence-electron chi connectivity index (χ3n) is 3.50. The monoisotopic (exact) mass is 198 g/mol. The SMILES string of the molecule is O=C1OCC[C@H]1C[C@H]1CCCC[C@@H]1O. The molecule has 0 aromatic rings. The number of ether oxygens (including phenoxy) is 1. The van der Waals surface area contributed by atoms with E-state index in [4.69, 9.17) is 4.74 Å². The number of esters is 1. The molecule has 1 aliphatic heterocycles. The van der Waals surface area contributed by atoms with Crippen molar-refractivity contribution in [1.82, 2.24) is 0 Å². The number of carbonyl (C=O) groups excluding carboxylic acids is 1. The third kappa shape index (κ3) is 2.08. The standard InChI is InChI=1S/C11H18O3/c12-10-4-2-1-3-8(10)7-9-5-6-14-11(9)13/h8-10,12H,1-7H2/t8-,9+,10+/m1/s1. The van der Waals surface area contributed by atoms with Crippen molar-refractivity contribution < 1.29 is 14.6 Å². The van der Waals surface area contributed by atoms with Crippen LogP contribution in [-0.2, 0) is 9.53 Å². The van der Waals surface area contributed by atoms with Crippen molar-refractivity contribution in [2.45, 2.75) is 44.6 Å². The van der Waals surface area contributed by atoms with Crippen LogP contribution in [0.2, 0.25) is 0 Å². The van der Waals surface area contributed by atoms with E-state index in [1.807, 2.05) is 0 Å². The maximum absolute atomic E-state index is 11.3. The maximum Gasteiger partial charge on any atom is 0.309 e. The quantitative estimate of drug-likeness (QED) is 0.684. The summed E-state index contributed by atoms with van der Waals surface area (Å²) >= 11 is 0. The molecular formula is C11H18O3. The molecule has 0 spiro atoms. The van der Waals surface area contributed by atoms with Crippen molar-refractivity contribution in [3.05, 3.63) is 0 Å². The van der Waals surface area contributed by atoms with Gasteiger partial charge in [-0.15, -0.1) is 0 Å². The van der Waals surface area contributed by atoms with Crippen molar-refractivity contribution in [3.63, 3.8) is 0 Å². The minimum absolute atomic E-state index is 0.0530. The van der Waals surface area contributed by atoms with Gasteiger partial charge in [-0.3, -0.25) is 4.79 Å². The second-order valence-electron chi connectivity index (χ2n) is 4.50. The van der Waals surface area contributed by atoms with E-state index in [2.05, 4.69) is 0 Å². The van der Waals surface area contributed by atoms with Gasteiger partial charge in [0.1, 0.15) is 0 Å². The lowest BCUT2D eigenvalue weighted by Crippen LogP contribution is -2.27. The smallest absolute Gasteiger partial charge is 0.309 e. The second-order valence-corrected chi connectivity index (χ2v) is 4.50. The van der Waals surface area contributed by atoms with E-state index in [1.165, 1.54) is 6.42 Å². The van der Waals surface area contributed by atoms with Crippen LogP contribution in [0.3, 0.4) is 0 Å². The molecule has 3 heteroatoms. The van der Waals surface area contributed by atoms with Crippen molar-refractivity contribution >= 4 is 5.97 Å². The van der Waals surface area contributed by atoms with Gasteiger partial charge in [-0.05, 0) is 31.6 Å². The van der Waals surface area contributed by atoms with Gasteiger partial charge < -0.3 is 9.84 Å². The summed E-state index contributed by atoms with van der Waals surface area (Å²) in [7, 11) is 0. The van der Waals surface area contributed by atoms with Crippen LogP contribution in [0.25, 0.3) is 0 Å². The Balaban J connectivity index is 1.86. The summed E-state index contributed by atoms with van der Waals surface area (Å²) in [5, 5.41) is 9.76. The predicted molar refractivity (Wildman–Crippen MR) is 51.6 cm³/mol. The van der Waals surface area contributed by atoms with Gasteiger partial charge in [0.2, 0.25) is 0 Å². The summed E-state index contributed by atoms with van der Waals surface area (Å²) in [6.07, 6.45) is 5.81. The van der Waals surface area contributed by atoms with Gasteiger partial charge in [0.15, 0.2) is 0 Å². The number of hydrogen-bond acceptors (Lipinski definition) is 3. The summed E-state index contributed by atoms with van der Waals surface area (Å²) < 4.78 is 4.92. The number of cyclic esters (lactones) is 1. The Labute approximate surface area is 84.4 Å². The fraction of sp³-hybridized carbons (Fsp3) is 0.909. The second kappa shape index (κ2) is 4.30. The van der Waals surface area contributed by atoms with Gasteiger partial charge in [-0.25, -0.2) is 0 Å². The highest BCUT2D eigenvalue weighted by Crippen LogP contribution is 2.32. The largest absolute Gasteiger partial charge is 0.465 e. The Kier molecular flexibility index (Phi) is 3.06. The van der Waals surface area contributed by atoms with Gasteiger partial charge >= 0.3 is 5.97 Å². The minimum atomic E-state index is -0.183. The highest BCUT2D eigenvalue weighted by Gasteiger charge is 2.32. The van der Waals surface area contributed by atoms with Gasteiger partial charge in [0, 0.05) is 0 Å². The molecule has 0 amide bonds. The van der Waals surface area contributed by atoms with Crippen LogP contribution < -0.4 is 0 Å². The zero-order valence-corrected chi connectivity index (χ0v) is 8.45. The molecule has 2 aliphatic rings. The molecule has 2 fully saturated rings. The molecule has 2 rings (SSSR count). The molecule has 1 saturated carbocycles. The topological polar surface area (TPSA) is 46.5 Å². The van der Waals surface area contributed by atoms with Crippen LogP contribution in [0.4, 0.5) is 0 Å². The Morgan fingerprint density at radius 2 is 2.07 bits per heavy atom. The first-order chi connectivity index (χ1) is 6.77. The van der Waals surface area contributed by atoms with Crippen molar-refractivity contribution in [1.29, 1.82) is 0 Å². The number of carbonyl (C=O) groups is 1. The first-order valence-electron chi connectivity index (χ1n) is 5.62. The lowest BCUT2D eigenvalue weighted by molar-refractivity contribution is -0.142. The number of aliphatic hydroxyl groups excluding tert-OH is 1. The van der Waals surface area contributed by atoms with Crippen molar-refractivity contribution in [2.75, 3.05) is 6.61 Å². The summed E-state index contributed by atoms with van der Waals surface area (Å²) in [6, 6.07) is 0. The van der Waals surface area contributed by atoms with Crippen molar-refractivity contribution in [3.8, 4) is 0 Å². The molecule has 1 aliphatic carbocycles. The Bertz CT molecular complexity index is 215. The maximum atomic E-state index is 11.3. The first-order valence-corrected chi connectivity index (χ1v) is 5.62. The van der Waals surface area contributed by atoms with Gasteiger partial charge in [-0.2, -0.15) is 0 Å². The van der Waals surface area contributed by atoms with Crippen LogP contribution in [0.15, 0.2) is 0 Å². The van der Waals surface area contributed by atoms with Gasteiger partial charge in [-0.1, -0.05) is 12.8 Å². The Hall–Kier alpha value is -0.570. The molecule has 14 heavy (non-hydrogen) atoms. The zero-order chi connectivity index (χ0) is 9.97. The van der Waals surface area contributed by atoms with E-state index < -0.39 is 0 Å². The molecule has 80 valence electrons. The number of rotatable bonds is 2. The zero-order valence-electron chi connectivity index (χ0n) is 8.45. The molecule has 1 saturated heterocycles. The van der Waals surface area contributed by atoms with E-state index in [9.17, 15) is 9.90 Å². The van der Waals surface area contributed by atoms with Gasteiger partial charge in [0.25, 0.3) is 0 Å². The lowest BCUT2D eigenvalue weighted by Gasteiger charge is -2.28. The molecule has 1 heterocycles. The molecule has 0 unspecified atom stereocenters. The summed E-state index contributed by atoms with van der Waals surface area (Å²) in [5.74, 6) is 0.343. The highest BCUT2D eigenvalue weighted by molar-refractivity contribution is 5.74. The molecule has 3 atom stereocenters. The highest BCUT2D eigenvalue weighted by atomic mass is 16.5. The molecule has 0 aromatic heterocycles. The summed E-state index contributed by atoms with van der Waals surface area (Å²) in [6.45, 7) is 0.576. The van der Waals surface area contributed by atoms with Crippen LogP contribution in [0, 0.1) is 11.8 Å². The van der Waals surface area contributed by atoms with Crippen LogP contribution >= 0.6 is 0 Å². The molecule has 3 nitrogen and oxygen atoms in total. The van der Waals surface area contributed by atoms with Crippen LogP contribution in [0.5, 0.6) is 0 Å². The Morgan fingerprint density at radius 3 is 2.71 bits per heavy atom. The normalized spacial score (nSPS) is 38.4. The van der Waals surface area contributed by atoms with E-state index in [0.29, 0.717) is 12.5 Å². The third-order valence-corrected chi connectivity index (χ3v) is 3.50. The summed E-state index contributed by atoms with van der Waals surface area (Å²) in [4.78, 5) is 11.3. The van der Waals surface area contributed by atoms with Crippen molar-refractivity contribution in [2.24, 2.45) is 11.8 Å². The molecular weight excluding hydrogens is 180 g/mol. The van der Waals surface area contributed by atoms with E-state index in [1.54, 1.807) is 0 Å². The van der Waals surface area contributed by atoms with Gasteiger partial charge in [0.05, 0.1) is 18.6 Å². The van der Waals surface area contributed by atoms with E-state index in [0.717, 1.165) is 32.1 Å². The number of hydrogen-bond donors (Lipinski definition) is 1. The molecule has 0 radical (unpaired) electrons. The lowest BCUT2D eigenvalue weighted by atomic mass is 9.80. The predicted octanol–water partition coefficient (Wildman–Crippen LogP) is 1.49. The van der Waals surface area contributed by atoms with E-state index in [-0.39, 0.29) is 18.0 Å². The molecule has 0 bridgehead atoms. The fourth-order valence-electron chi connectivity index (χ4n) is 2.58. The molecule has 1 N–H and O–H groups in total. The minimum Gasteiger partial charge on any atom is -0.465 e.